The van der Waals surface area contributed by atoms with Crippen molar-refractivity contribution in [3.8, 4) is 5.69 Å². The third kappa shape index (κ3) is 2.64. The molecule has 0 aliphatic heterocycles. The van der Waals surface area contributed by atoms with Gasteiger partial charge in [0, 0.05) is 5.56 Å². The van der Waals surface area contributed by atoms with Crippen LogP contribution in [0.4, 0.5) is 0 Å². The maximum Gasteiger partial charge on any atom is 0.139 e. The molecule has 0 aliphatic carbocycles. The van der Waals surface area contributed by atoms with Gasteiger partial charge in [0.1, 0.15) is 17.4 Å². The van der Waals surface area contributed by atoms with Gasteiger partial charge in [-0.3, -0.25) is 0 Å². The number of aliphatic hydroxyl groups is 3. The van der Waals surface area contributed by atoms with Crippen LogP contribution in [0.2, 0.25) is 5.15 Å². The van der Waals surface area contributed by atoms with Gasteiger partial charge in [-0.1, -0.05) is 29.8 Å². The fourth-order valence-corrected chi connectivity index (χ4v) is 2.26. The van der Waals surface area contributed by atoms with Crippen LogP contribution in [0, 0.1) is 6.92 Å². The van der Waals surface area contributed by atoms with E-state index in [0.29, 0.717) is 11.3 Å². The molecule has 2 atom stereocenters. The molecule has 1 heterocycles. The van der Waals surface area contributed by atoms with Crippen molar-refractivity contribution in [2.45, 2.75) is 19.1 Å². The molecule has 0 saturated carbocycles. The number of nitrogens with zero attached hydrogens (tertiary/aromatic N) is 2. The van der Waals surface area contributed by atoms with E-state index in [9.17, 15) is 10.2 Å². The van der Waals surface area contributed by atoms with E-state index in [0.717, 1.165) is 5.69 Å². The zero-order valence-electron chi connectivity index (χ0n) is 10.4. The smallest absolute Gasteiger partial charge is 0.139 e. The normalized spacial score (nSPS) is 14.4. The highest BCUT2D eigenvalue weighted by Gasteiger charge is 2.26. The number of halogens is 1. The summed E-state index contributed by atoms with van der Waals surface area (Å²) in [5, 5.41) is 32.8. The van der Waals surface area contributed by atoms with Crippen LogP contribution in [0.5, 0.6) is 0 Å². The number of benzene rings is 1. The number of hydrogen-bond donors (Lipinski definition) is 3. The van der Waals surface area contributed by atoms with Crippen molar-refractivity contribution in [1.82, 2.24) is 9.78 Å². The summed E-state index contributed by atoms with van der Waals surface area (Å²) in [6.45, 7) is 1.14. The molecule has 19 heavy (non-hydrogen) atoms. The Morgan fingerprint density at radius 1 is 1.26 bits per heavy atom. The average Bonchev–Trinajstić information content (AvgIpc) is 2.73. The molecule has 0 fully saturated rings. The third-order valence-electron chi connectivity index (χ3n) is 2.90. The Hall–Kier alpha value is -1.40. The molecule has 0 amide bonds. The van der Waals surface area contributed by atoms with Gasteiger partial charge in [0.25, 0.3) is 0 Å². The molecule has 1 aromatic carbocycles. The molecule has 6 heteroatoms. The molecular formula is C13H15ClN2O3. The second-order valence-electron chi connectivity index (χ2n) is 4.23. The molecule has 2 unspecified atom stereocenters. The lowest BCUT2D eigenvalue weighted by Gasteiger charge is -2.15. The zero-order chi connectivity index (χ0) is 14.0. The van der Waals surface area contributed by atoms with E-state index < -0.39 is 18.8 Å². The quantitative estimate of drug-likeness (QED) is 0.788. The molecule has 0 radical (unpaired) electrons. The van der Waals surface area contributed by atoms with Crippen LogP contribution in [0.25, 0.3) is 5.69 Å². The Morgan fingerprint density at radius 3 is 2.47 bits per heavy atom. The minimum Gasteiger partial charge on any atom is -0.394 e. The summed E-state index contributed by atoms with van der Waals surface area (Å²) in [6, 6.07) is 9.23. The van der Waals surface area contributed by atoms with E-state index in [1.54, 1.807) is 6.92 Å². The van der Waals surface area contributed by atoms with Gasteiger partial charge in [-0.25, -0.2) is 4.68 Å². The van der Waals surface area contributed by atoms with E-state index in [1.165, 1.54) is 4.68 Å². The maximum atomic E-state index is 9.96. The van der Waals surface area contributed by atoms with Gasteiger partial charge < -0.3 is 15.3 Å². The summed E-state index contributed by atoms with van der Waals surface area (Å²) >= 11 is 6.21. The molecule has 0 saturated heterocycles. The largest absolute Gasteiger partial charge is 0.394 e. The highest BCUT2D eigenvalue weighted by Crippen LogP contribution is 2.30. The predicted molar refractivity (Wildman–Crippen MR) is 71.4 cm³/mol. The van der Waals surface area contributed by atoms with Crippen LogP contribution in [0.3, 0.4) is 0 Å². The Kier molecular flexibility index (Phi) is 4.21. The van der Waals surface area contributed by atoms with Gasteiger partial charge in [0.05, 0.1) is 18.0 Å². The minimum atomic E-state index is -1.29. The van der Waals surface area contributed by atoms with Crippen LogP contribution >= 0.6 is 11.6 Å². The van der Waals surface area contributed by atoms with Crippen molar-refractivity contribution in [1.29, 1.82) is 0 Å². The summed E-state index contributed by atoms with van der Waals surface area (Å²) in [6.07, 6.45) is -2.56. The number of aliphatic hydroxyl groups excluding tert-OH is 3. The highest BCUT2D eigenvalue weighted by atomic mass is 35.5. The number of hydrogen-bond acceptors (Lipinski definition) is 4. The monoisotopic (exact) mass is 282 g/mol. The standard InChI is InChI=1S/C13H15ClN2O3/c1-8-11(12(19)10(18)7-17)13(14)16(15-8)9-5-3-2-4-6-9/h2-6,10,12,17-19H,7H2,1H3. The molecule has 102 valence electrons. The van der Waals surface area contributed by atoms with E-state index in [2.05, 4.69) is 5.10 Å². The van der Waals surface area contributed by atoms with Crippen molar-refractivity contribution in [3.05, 3.63) is 46.7 Å². The van der Waals surface area contributed by atoms with Gasteiger partial charge >= 0.3 is 0 Å². The number of rotatable bonds is 4. The first-order valence-electron chi connectivity index (χ1n) is 5.83. The first-order chi connectivity index (χ1) is 9.06. The summed E-state index contributed by atoms with van der Waals surface area (Å²) in [7, 11) is 0. The van der Waals surface area contributed by atoms with Gasteiger partial charge in [-0.15, -0.1) is 0 Å². The Balaban J connectivity index is 2.46. The molecular weight excluding hydrogens is 268 g/mol. The third-order valence-corrected chi connectivity index (χ3v) is 3.26. The first kappa shape index (κ1) is 14.0. The summed E-state index contributed by atoms with van der Waals surface area (Å²) in [4.78, 5) is 0. The lowest BCUT2D eigenvalue weighted by molar-refractivity contribution is -0.0155. The summed E-state index contributed by atoms with van der Waals surface area (Å²) in [5.74, 6) is 0. The first-order valence-corrected chi connectivity index (χ1v) is 6.21. The van der Waals surface area contributed by atoms with Gasteiger partial charge in [-0.2, -0.15) is 5.10 Å². The fraction of sp³-hybridized carbons (Fsp3) is 0.308. The van der Waals surface area contributed by atoms with E-state index in [1.807, 2.05) is 30.3 Å². The minimum absolute atomic E-state index is 0.226. The molecule has 1 aromatic heterocycles. The lowest BCUT2D eigenvalue weighted by atomic mass is 10.1. The Morgan fingerprint density at radius 2 is 1.89 bits per heavy atom. The summed E-state index contributed by atoms with van der Waals surface area (Å²) in [5.41, 5.74) is 1.59. The van der Waals surface area contributed by atoms with Gasteiger partial charge in [-0.05, 0) is 19.1 Å². The number of aromatic nitrogens is 2. The predicted octanol–water partition coefficient (Wildman–Crippen LogP) is 1.22. The Bertz CT molecular complexity index is 557. The number of aryl methyl sites for hydroxylation is 1. The molecule has 0 spiro atoms. The van der Waals surface area contributed by atoms with Crippen LogP contribution in [-0.4, -0.2) is 37.8 Å². The van der Waals surface area contributed by atoms with Crippen LogP contribution < -0.4 is 0 Å². The van der Waals surface area contributed by atoms with Gasteiger partial charge in [0.15, 0.2) is 0 Å². The van der Waals surface area contributed by atoms with Crippen molar-refractivity contribution in [2.75, 3.05) is 6.61 Å². The van der Waals surface area contributed by atoms with Crippen molar-refractivity contribution in [3.63, 3.8) is 0 Å². The zero-order valence-corrected chi connectivity index (χ0v) is 11.1. The van der Waals surface area contributed by atoms with Crippen molar-refractivity contribution < 1.29 is 15.3 Å². The summed E-state index contributed by atoms with van der Waals surface area (Å²) < 4.78 is 1.49. The highest BCUT2D eigenvalue weighted by molar-refractivity contribution is 6.30. The molecule has 0 aliphatic rings. The van der Waals surface area contributed by atoms with E-state index in [-0.39, 0.29) is 5.15 Å². The van der Waals surface area contributed by atoms with Crippen LogP contribution in [0.1, 0.15) is 17.4 Å². The van der Waals surface area contributed by atoms with Crippen molar-refractivity contribution >= 4 is 11.6 Å². The lowest BCUT2D eigenvalue weighted by Crippen LogP contribution is -2.22. The maximum absolute atomic E-state index is 9.96. The molecule has 5 nitrogen and oxygen atoms in total. The number of para-hydroxylation sites is 1. The second kappa shape index (κ2) is 5.71. The molecule has 3 N–H and O–H groups in total. The molecule has 0 bridgehead atoms. The van der Waals surface area contributed by atoms with Crippen molar-refractivity contribution in [2.24, 2.45) is 0 Å². The van der Waals surface area contributed by atoms with E-state index >= 15 is 0 Å². The topological polar surface area (TPSA) is 78.5 Å². The molecule has 2 rings (SSSR count). The fourth-order valence-electron chi connectivity index (χ4n) is 1.88. The SMILES string of the molecule is Cc1nn(-c2ccccc2)c(Cl)c1C(O)C(O)CO. The van der Waals surface area contributed by atoms with Crippen LogP contribution in [0.15, 0.2) is 30.3 Å². The molecule has 2 aromatic rings. The Labute approximate surface area is 115 Å². The van der Waals surface area contributed by atoms with E-state index in [4.69, 9.17) is 16.7 Å². The van der Waals surface area contributed by atoms with Gasteiger partial charge in [0.2, 0.25) is 0 Å². The second-order valence-corrected chi connectivity index (χ2v) is 4.59. The average molecular weight is 283 g/mol. The van der Waals surface area contributed by atoms with Crippen LogP contribution in [-0.2, 0) is 0 Å².